The monoisotopic (exact) mass is 556 g/mol. The number of benzene rings is 4. The van der Waals surface area contributed by atoms with Crippen LogP contribution in [0.5, 0.6) is 23.0 Å². The molecule has 4 aromatic carbocycles. The van der Waals surface area contributed by atoms with E-state index in [9.17, 15) is 0 Å². The van der Waals surface area contributed by atoms with Crippen molar-refractivity contribution in [3.8, 4) is 48.0 Å². The molecule has 0 N–H and O–H groups in total. The Balaban J connectivity index is 0.000000230. The van der Waals surface area contributed by atoms with Gasteiger partial charge in [-0.25, -0.2) is 0 Å². The van der Waals surface area contributed by atoms with Gasteiger partial charge >= 0.3 is 0 Å². The molecule has 0 aromatic heterocycles. The van der Waals surface area contributed by atoms with Crippen LogP contribution in [0.25, 0.3) is 0 Å². The highest BCUT2D eigenvalue weighted by Gasteiger charge is 2.24. The number of hydrogen-bond donors (Lipinski definition) is 0. The van der Waals surface area contributed by atoms with Crippen molar-refractivity contribution in [1.29, 1.82) is 21.0 Å². The smallest absolute Gasteiger partial charge is 0.292 e. The van der Waals surface area contributed by atoms with Gasteiger partial charge in [-0.15, -0.1) is 21.0 Å². The molecular weight excluding hydrogens is 528 g/mol. The Bertz CT molecular complexity index is 1380. The van der Waals surface area contributed by atoms with Crippen LogP contribution in [0.15, 0.2) is 97.1 Å². The molecule has 0 aliphatic rings. The topological polar surface area (TPSA) is 132 Å². The van der Waals surface area contributed by atoms with Crippen LogP contribution in [0.2, 0.25) is 0 Å². The summed E-state index contributed by atoms with van der Waals surface area (Å²) in [5, 5.41) is 34.0. The summed E-state index contributed by atoms with van der Waals surface area (Å²) in [5.41, 5.74) is 3.97. The molecule has 0 saturated heterocycles. The van der Waals surface area contributed by atoms with E-state index < -0.39 is 0 Å². The Hall–Kier alpha value is -5.96. The highest BCUT2D eigenvalue weighted by molar-refractivity contribution is 5.43. The number of hydrogen-bond acceptors (Lipinski definition) is 8. The minimum Gasteiger partial charge on any atom is -0.388 e. The molecular formula is C34H28N4O4. The number of ether oxygens (including phenoxy) is 4. The second kappa shape index (κ2) is 13.9. The maximum absolute atomic E-state index is 8.49. The zero-order chi connectivity index (χ0) is 30.6. The maximum atomic E-state index is 8.49. The average Bonchev–Trinajstić information content (AvgIpc) is 2.99. The third-order valence-electron chi connectivity index (χ3n) is 6.96. The summed E-state index contributed by atoms with van der Waals surface area (Å²) in [5.74, 6) is 2.09. The quantitative estimate of drug-likeness (QED) is 0.204. The van der Waals surface area contributed by atoms with E-state index in [1.165, 1.54) is 0 Å². The van der Waals surface area contributed by atoms with Crippen molar-refractivity contribution >= 4 is 0 Å². The first-order valence-corrected chi connectivity index (χ1v) is 12.8. The molecule has 0 fully saturated rings. The zero-order valence-electron chi connectivity index (χ0n) is 23.7. The molecule has 0 heterocycles. The summed E-state index contributed by atoms with van der Waals surface area (Å²) in [7, 11) is 0. The van der Waals surface area contributed by atoms with Crippen molar-refractivity contribution in [2.24, 2.45) is 0 Å². The minimum absolute atomic E-state index is 0.212. The third kappa shape index (κ3) is 7.57. The third-order valence-corrected chi connectivity index (χ3v) is 6.96. The van der Waals surface area contributed by atoms with Gasteiger partial charge in [0.2, 0.25) is 0 Å². The van der Waals surface area contributed by atoms with Gasteiger partial charge in [0.25, 0.3) is 25.0 Å². The molecule has 208 valence electrons. The van der Waals surface area contributed by atoms with Gasteiger partial charge in [-0.1, -0.05) is 76.2 Å². The Kier molecular flexibility index (Phi) is 10.1. The van der Waals surface area contributed by atoms with Gasteiger partial charge in [-0.05, 0) is 70.8 Å². The molecule has 0 bridgehead atoms. The average molecular weight is 557 g/mol. The fourth-order valence-corrected chi connectivity index (χ4v) is 4.30. The van der Waals surface area contributed by atoms with Crippen molar-refractivity contribution < 1.29 is 18.9 Å². The molecule has 0 amide bonds. The molecule has 8 heteroatoms. The lowest BCUT2D eigenvalue weighted by Gasteiger charge is -2.26. The van der Waals surface area contributed by atoms with E-state index in [4.69, 9.17) is 40.0 Å². The standard InChI is InChI=1S/2C17H14N2O2/c2*1-17(2,13-3-7-15(8-4-13)20-11-18)14-5-9-16(10-6-14)21-12-19/h2*3-10H,1-2H3. The number of rotatable bonds is 8. The molecule has 0 saturated carbocycles. The predicted octanol–water partition coefficient (Wildman–Crippen LogP) is 7.46. The Morgan fingerprint density at radius 3 is 0.667 bits per heavy atom. The van der Waals surface area contributed by atoms with Crippen LogP contribution in [-0.2, 0) is 10.8 Å². The van der Waals surface area contributed by atoms with Gasteiger partial charge in [0, 0.05) is 10.8 Å². The fraction of sp³-hybridized carbons (Fsp3) is 0.176. The van der Waals surface area contributed by atoms with E-state index in [1.807, 2.05) is 48.5 Å². The maximum Gasteiger partial charge on any atom is 0.292 e. The van der Waals surface area contributed by atoms with Crippen molar-refractivity contribution in [2.75, 3.05) is 0 Å². The second-order valence-electron chi connectivity index (χ2n) is 10.1. The van der Waals surface area contributed by atoms with E-state index in [0.717, 1.165) is 22.3 Å². The largest absolute Gasteiger partial charge is 0.388 e. The summed E-state index contributed by atoms with van der Waals surface area (Å²) < 4.78 is 19.1. The molecule has 4 rings (SSSR count). The zero-order valence-corrected chi connectivity index (χ0v) is 23.7. The van der Waals surface area contributed by atoms with E-state index in [0.29, 0.717) is 23.0 Å². The molecule has 0 aliphatic heterocycles. The Morgan fingerprint density at radius 1 is 0.357 bits per heavy atom. The predicted molar refractivity (Wildman–Crippen MR) is 155 cm³/mol. The van der Waals surface area contributed by atoms with Crippen LogP contribution < -0.4 is 18.9 Å². The Morgan fingerprint density at radius 2 is 0.524 bits per heavy atom. The first-order valence-electron chi connectivity index (χ1n) is 12.8. The second-order valence-corrected chi connectivity index (χ2v) is 10.1. The summed E-state index contributed by atoms with van der Waals surface area (Å²) in [6.07, 6.45) is 6.61. The molecule has 4 aromatic rings. The molecule has 0 aliphatic carbocycles. The first kappa shape index (κ1) is 30.6. The van der Waals surface area contributed by atoms with Crippen molar-refractivity contribution in [3.63, 3.8) is 0 Å². The van der Waals surface area contributed by atoms with Crippen molar-refractivity contribution in [3.05, 3.63) is 119 Å². The lowest BCUT2D eigenvalue weighted by atomic mass is 9.78. The highest BCUT2D eigenvalue weighted by atomic mass is 16.5. The van der Waals surface area contributed by atoms with Crippen molar-refractivity contribution in [2.45, 2.75) is 38.5 Å². The van der Waals surface area contributed by atoms with Gasteiger partial charge in [-0.3, -0.25) is 0 Å². The minimum atomic E-state index is -0.212. The fourth-order valence-electron chi connectivity index (χ4n) is 4.30. The number of nitriles is 4. The van der Waals surface area contributed by atoms with E-state index in [1.54, 1.807) is 73.6 Å². The highest BCUT2D eigenvalue weighted by Crippen LogP contribution is 2.34. The summed E-state index contributed by atoms with van der Waals surface area (Å²) >= 11 is 0. The van der Waals surface area contributed by atoms with E-state index >= 15 is 0 Å². The van der Waals surface area contributed by atoms with Gasteiger partial charge in [-0.2, -0.15) is 0 Å². The molecule has 42 heavy (non-hydrogen) atoms. The van der Waals surface area contributed by atoms with Gasteiger partial charge < -0.3 is 18.9 Å². The van der Waals surface area contributed by atoms with Crippen LogP contribution in [-0.4, -0.2) is 0 Å². The van der Waals surface area contributed by atoms with E-state index in [-0.39, 0.29) is 10.8 Å². The SMILES string of the molecule is CC(C)(c1ccc(OC#N)cc1)c1ccc(OC#N)cc1.CC(C)(c1ccc(OC#N)cc1)c1ccc(OC#N)cc1. The molecule has 0 radical (unpaired) electrons. The molecule has 8 nitrogen and oxygen atoms in total. The molecule has 0 spiro atoms. The van der Waals surface area contributed by atoms with Crippen molar-refractivity contribution in [1.82, 2.24) is 0 Å². The summed E-state index contributed by atoms with van der Waals surface area (Å²) in [4.78, 5) is 0. The van der Waals surface area contributed by atoms with Crippen LogP contribution >= 0.6 is 0 Å². The normalized spacial score (nSPS) is 10.3. The lowest BCUT2D eigenvalue weighted by Crippen LogP contribution is -2.18. The molecule has 0 unspecified atom stereocenters. The van der Waals surface area contributed by atoms with Crippen LogP contribution in [0.4, 0.5) is 0 Å². The Labute approximate surface area is 245 Å². The molecule has 0 atom stereocenters. The van der Waals surface area contributed by atoms with Gasteiger partial charge in [0.15, 0.2) is 0 Å². The van der Waals surface area contributed by atoms with Crippen LogP contribution in [0.3, 0.4) is 0 Å². The lowest BCUT2D eigenvalue weighted by molar-refractivity contribution is 0.504. The number of nitrogens with zero attached hydrogens (tertiary/aromatic N) is 4. The summed E-state index contributed by atoms with van der Waals surface area (Å²) in [6, 6.07) is 29.7. The van der Waals surface area contributed by atoms with Gasteiger partial charge in [0.05, 0.1) is 0 Å². The first-order chi connectivity index (χ1) is 20.1. The van der Waals surface area contributed by atoms with Crippen LogP contribution in [0.1, 0.15) is 49.9 Å². The van der Waals surface area contributed by atoms with Gasteiger partial charge in [0.1, 0.15) is 23.0 Å². The van der Waals surface area contributed by atoms with Crippen LogP contribution in [0, 0.1) is 46.1 Å². The van der Waals surface area contributed by atoms with E-state index in [2.05, 4.69) is 27.7 Å². The summed E-state index contributed by atoms with van der Waals surface area (Å²) in [6.45, 7) is 8.42.